The van der Waals surface area contributed by atoms with Crippen molar-refractivity contribution in [2.45, 2.75) is 6.92 Å². The maximum atomic E-state index is 12.4. The summed E-state index contributed by atoms with van der Waals surface area (Å²) in [5.41, 5.74) is 1.02. The molecular formula is C21H19FN2O3. The third-order valence-electron chi connectivity index (χ3n) is 3.44. The molecule has 5 nitrogen and oxygen atoms in total. The molecule has 0 spiro atoms. The standard InChI is InChI=1S/C13H12N2O2.C8H7FO/c1-14-13(16)10-4-6-11(7-5-10)17-12-3-2-8-15-9-12;1-6(10)7-3-2-4-8(9)5-7/h2-9H,1H3,(H,14,16);2-5H,1H3. The molecule has 1 amide bonds. The second-order valence-corrected chi connectivity index (χ2v) is 5.46. The average molecular weight is 366 g/mol. The largest absolute Gasteiger partial charge is 0.456 e. The van der Waals surface area contributed by atoms with Gasteiger partial charge in [0.2, 0.25) is 0 Å². The molecule has 2 aromatic carbocycles. The van der Waals surface area contributed by atoms with Gasteiger partial charge in [0.05, 0.1) is 6.20 Å². The highest BCUT2D eigenvalue weighted by Gasteiger charge is 2.03. The summed E-state index contributed by atoms with van der Waals surface area (Å²) in [4.78, 5) is 25.9. The lowest BCUT2D eigenvalue weighted by atomic mass is 10.1. The Morgan fingerprint density at radius 2 is 1.70 bits per heavy atom. The van der Waals surface area contributed by atoms with Crippen LogP contribution < -0.4 is 10.1 Å². The van der Waals surface area contributed by atoms with Crippen molar-refractivity contribution in [2.75, 3.05) is 7.05 Å². The first-order chi connectivity index (χ1) is 13.0. The Morgan fingerprint density at radius 3 is 2.22 bits per heavy atom. The molecule has 0 bridgehead atoms. The van der Waals surface area contributed by atoms with E-state index in [0.717, 1.165) is 0 Å². The van der Waals surface area contributed by atoms with Crippen molar-refractivity contribution >= 4 is 11.7 Å². The van der Waals surface area contributed by atoms with Gasteiger partial charge in [-0.05, 0) is 55.5 Å². The summed E-state index contributed by atoms with van der Waals surface area (Å²) >= 11 is 0. The van der Waals surface area contributed by atoms with Gasteiger partial charge in [-0.1, -0.05) is 12.1 Å². The number of pyridine rings is 1. The average Bonchev–Trinajstić information content (AvgIpc) is 2.69. The van der Waals surface area contributed by atoms with Crippen molar-refractivity contribution in [3.05, 3.63) is 90.0 Å². The Kier molecular flexibility index (Phi) is 7.19. The number of nitrogens with zero attached hydrogens (tertiary/aromatic N) is 1. The molecule has 0 saturated heterocycles. The first-order valence-corrected chi connectivity index (χ1v) is 8.16. The summed E-state index contributed by atoms with van der Waals surface area (Å²) in [7, 11) is 1.60. The van der Waals surface area contributed by atoms with Crippen molar-refractivity contribution < 1.29 is 18.7 Å². The van der Waals surface area contributed by atoms with E-state index in [1.165, 1.54) is 25.1 Å². The van der Waals surface area contributed by atoms with Gasteiger partial charge in [-0.15, -0.1) is 0 Å². The molecule has 6 heteroatoms. The monoisotopic (exact) mass is 366 g/mol. The number of ether oxygens (including phenoxy) is 1. The SMILES string of the molecule is CC(=O)c1cccc(F)c1.CNC(=O)c1ccc(Oc2cccnc2)cc1. The Hall–Kier alpha value is -3.54. The molecule has 0 aliphatic heterocycles. The van der Waals surface area contributed by atoms with Crippen molar-refractivity contribution in [3.8, 4) is 11.5 Å². The molecule has 1 heterocycles. The van der Waals surface area contributed by atoms with Gasteiger partial charge in [0.25, 0.3) is 5.91 Å². The van der Waals surface area contributed by atoms with Gasteiger partial charge >= 0.3 is 0 Å². The Labute approximate surface area is 156 Å². The number of amides is 1. The minimum absolute atomic E-state index is 0.112. The molecule has 0 unspecified atom stereocenters. The van der Waals surface area contributed by atoms with Crippen LogP contribution in [-0.2, 0) is 0 Å². The molecule has 0 saturated carbocycles. The zero-order valence-corrected chi connectivity index (χ0v) is 15.0. The van der Waals surface area contributed by atoms with Gasteiger partial charge in [-0.3, -0.25) is 14.6 Å². The lowest BCUT2D eigenvalue weighted by Crippen LogP contribution is -2.17. The molecule has 0 aliphatic rings. The Bertz CT molecular complexity index is 897. The van der Waals surface area contributed by atoms with E-state index in [1.54, 1.807) is 55.8 Å². The maximum absolute atomic E-state index is 12.4. The van der Waals surface area contributed by atoms with Gasteiger partial charge in [-0.25, -0.2) is 4.39 Å². The van der Waals surface area contributed by atoms with Crippen molar-refractivity contribution in [3.63, 3.8) is 0 Å². The van der Waals surface area contributed by atoms with E-state index in [-0.39, 0.29) is 17.5 Å². The van der Waals surface area contributed by atoms with Gasteiger partial charge in [0, 0.05) is 24.4 Å². The molecule has 3 aromatic rings. The summed E-state index contributed by atoms with van der Waals surface area (Å²) < 4.78 is 17.9. The predicted molar refractivity (Wildman–Crippen MR) is 101 cm³/mol. The fourth-order valence-electron chi connectivity index (χ4n) is 2.07. The summed E-state index contributed by atoms with van der Waals surface area (Å²) in [6.45, 7) is 1.41. The van der Waals surface area contributed by atoms with E-state index in [2.05, 4.69) is 10.3 Å². The fourth-order valence-corrected chi connectivity index (χ4v) is 2.07. The van der Waals surface area contributed by atoms with Crippen molar-refractivity contribution in [2.24, 2.45) is 0 Å². The first kappa shape index (κ1) is 19.8. The lowest BCUT2D eigenvalue weighted by Gasteiger charge is -2.05. The smallest absolute Gasteiger partial charge is 0.251 e. The highest BCUT2D eigenvalue weighted by molar-refractivity contribution is 5.94. The number of carbonyl (C=O) groups excluding carboxylic acids is 2. The second kappa shape index (κ2) is 9.82. The van der Waals surface area contributed by atoms with Crippen LogP contribution in [0.25, 0.3) is 0 Å². The lowest BCUT2D eigenvalue weighted by molar-refractivity contribution is 0.0962. The number of ketones is 1. The number of carbonyl (C=O) groups is 2. The van der Waals surface area contributed by atoms with Gasteiger partial charge in [-0.2, -0.15) is 0 Å². The normalized spacial score (nSPS) is 9.59. The highest BCUT2D eigenvalue weighted by Crippen LogP contribution is 2.20. The molecule has 0 radical (unpaired) electrons. The minimum atomic E-state index is -0.368. The number of aromatic nitrogens is 1. The number of Topliss-reactive ketones (excluding diaryl/α,β-unsaturated/α-hetero) is 1. The van der Waals surface area contributed by atoms with Crippen LogP contribution >= 0.6 is 0 Å². The van der Waals surface area contributed by atoms with Crippen molar-refractivity contribution in [1.82, 2.24) is 10.3 Å². The second-order valence-electron chi connectivity index (χ2n) is 5.46. The fraction of sp³-hybridized carbons (Fsp3) is 0.0952. The van der Waals surface area contributed by atoms with Gasteiger partial charge < -0.3 is 10.1 Å². The van der Waals surface area contributed by atoms with Crippen LogP contribution in [0, 0.1) is 5.82 Å². The zero-order valence-electron chi connectivity index (χ0n) is 15.0. The van der Waals surface area contributed by atoms with E-state index in [1.807, 2.05) is 6.07 Å². The molecule has 3 rings (SSSR count). The van der Waals surface area contributed by atoms with E-state index in [4.69, 9.17) is 4.74 Å². The molecule has 1 aromatic heterocycles. The molecular weight excluding hydrogens is 347 g/mol. The minimum Gasteiger partial charge on any atom is -0.456 e. The zero-order chi connectivity index (χ0) is 19.6. The third kappa shape index (κ3) is 6.36. The number of halogens is 1. The first-order valence-electron chi connectivity index (χ1n) is 8.16. The van der Waals surface area contributed by atoms with Gasteiger partial charge in [0.1, 0.15) is 17.3 Å². The van der Waals surface area contributed by atoms with Crippen LogP contribution in [0.3, 0.4) is 0 Å². The quantitative estimate of drug-likeness (QED) is 0.701. The van der Waals surface area contributed by atoms with Crippen molar-refractivity contribution in [1.29, 1.82) is 0 Å². The highest BCUT2D eigenvalue weighted by atomic mass is 19.1. The van der Waals surface area contributed by atoms with E-state index in [9.17, 15) is 14.0 Å². The number of hydrogen-bond acceptors (Lipinski definition) is 4. The van der Waals surface area contributed by atoms with E-state index >= 15 is 0 Å². The number of hydrogen-bond donors (Lipinski definition) is 1. The van der Waals surface area contributed by atoms with Crippen LogP contribution in [0.15, 0.2) is 73.1 Å². The predicted octanol–water partition coefficient (Wildman–Crippen LogP) is 4.26. The number of rotatable bonds is 4. The van der Waals surface area contributed by atoms with Crippen LogP contribution in [0.5, 0.6) is 11.5 Å². The maximum Gasteiger partial charge on any atom is 0.251 e. The Balaban J connectivity index is 0.000000223. The Morgan fingerprint density at radius 1 is 0.963 bits per heavy atom. The molecule has 0 aliphatic carbocycles. The number of benzene rings is 2. The van der Waals surface area contributed by atoms with Crippen LogP contribution in [0.2, 0.25) is 0 Å². The van der Waals surface area contributed by atoms with E-state index < -0.39 is 0 Å². The third-order valence-corrected chi connectivity index (χ3v) is 3.44. The summed E-state index contributed by atoms with van der Waals surface area (Å²) in [5.74, 6) is 0.746. The van der Waals surface area contributed by atoms with Gasteiger partial charge in [0.15, 0.2) is 5.78 Å². The molecule has 0 fully saturated rings. The molecule has 27 heavy (non-hydrogen) atoms. The molecule has 0 atom stereocenters. The molecule has 1 N–H and O–H groups in total. The summed E-state index contributed by atoms with van der Waals surface area (Å²) in [5, 5.41) is 2.56. The molecule has 138 valence electrons. The summed E-state index contributed by atoms with van der Waals surface area (Å²) in [6.07, 6.45) is 3.31. The van der Waals surface area contributed by atoms with Crippen LogP contribution in [0.4, 0.5) is 4.39 Å². The van der Waals surface area contributed by atoms with E-state index in [0.29, 0.717) is 22.6 Å². The topological polar surface area (TPSA) is 68.3 Å². The summed E-state index contributed by atoms with van der Waals surface area (Å²) in [6, 6.07) is 16.2. The van der Waals surface area contributed by atoms with Crippen LogP contribution in [-0.4, -0.2) is 23.7 Å². The van der Waals surface area contributed by atoms with Crippen LogP contribution in [0.1, 0.15) is 27.6 Å². The number of nitrogens with one attached hydrogen (secondary N) is 1.